The fraction of sp³-hybridized carbons (Fsp3) is 0.588. The van der Waals surface area contributed by atoms with Crippen LogP contribution in [0.4, 0.5) is 4.39 Å². The van der Waals surface area contributed by atoms with Gasteiger partial charge in [-0.1, -0.05) is 0 Å². The van der Waals surface area contributed by atoms with Crippen LogP contribution in [0.3, 0.4) is 0 Å². The number of halogens is 1. The molecule has 1 unspecified atom stereocenters. The van der Waals surface area contributed by atoms with Crippen molar-refractivity contribution < 1.29 is 22.3 Å². The normalized spacial score (nSPS) is 17.8. The Labute approximate surface area is 148 Å². The lowest BCUT2D eigenvalue weighted by Crippen LogP contribution is -2.34. The molecule has 25 heavy (non-hydrogen) atoms. The molecule has 8 heteroatoms. The Morgan fingerprint density at radius 2 is 1.96 bits per heavy atom. The first kappa shape index (κ1) is 19.8. The van der Waals surface area contributed by atoms with E-state index in [1.165, 1.54) is 23.5 Å². The first-order chi connectivity index (χ1) is 11.8. The van der Waals surface area contributed by atoms with Gasteiger partial charge in [0.2, 0.25) is 15.9 Å². The van der Waals surface area contributed by atoms with Crippen molar-refractivity contribution in [1.82, 2.24) is 9.21 Å². The zero-order valence-corrected chi connectivity index (χ0v) is 15.5. The summed E-state index contributed by atoms with van der Waals surface area (Å²) in [6.07, 6.45) is 2.79. The van der Waals surface area contributed by atoms with Crippen LogP contribution in [0.1, 0.15) is 25.7 Å². The van der Waals surface area contributed by atoms with Crippen molar-refractivity contribution in [3.8, 4) is 0 Å². The topological polar surface area (TPSA) is 66.9 Å². The highest BCUT2D eigenvalue weighted by atomic mass is 32.2. The number of amides is 1. The maximum atomic E-state index is 12.9. The van der Waals surface area contributed by atoms with Gasteiger partial charge in [-0.2, -0.15) is 0 Å². The van der Waals surface area contributed by atoms with Crippen LogP contribution >= 0.6 is 0 Å². The van der Waals surface area contributed by atoms with Crippen molar-refractivity contribution in [3.63, 3.8) is 0 Å². The molecule has 0 bridgehead atoms. The average Bonchev–Trinajstić information content (AvgIpc) is 3.07. The lowest BCUT2D eigenvalue weighted by Gasteiger charge is -2.21. The zero-order chi connectivity index (χ0) is 18.4. The molecular formula is C17H25FN2O4S. The molecule has 1 aromatic rings. The van der Waals surface area contributed by atoms with Gasteiger partial charge in [0.25, 0.3) is 0 Å². The molecule has 1 aliphatic heterocycles. The van der Waals surface area contributed by atoms with Gasteiger partial charge in [-0.05, 0) is 43.5 Å². The molecule has 1 fully saturated rings. The van der Waals surface area contributed by atoms with E-state index in [2.05, 4.69) is 0 Å². The van der Waals surface area contributed by atoms with E-state index in [4.69, 9.17) is 4.74 Å². The molecule has 1 heterocycles. The Hall–Kier alpha value is -1.51. The maximum Gasteiger partial charge on any atom is 0.242 e. The molecule has 1 aliphatic rings. The molecule has 6 nitrogen and oxygen atoms in total. The molecule has 1 amide bonds. The standard InChI is InChI=1S/C17H25FN2O4S/c1-19(13-15-5-4-12-24-15)17(21)6-3-11-20(2)25(22,23)16-9-7-14(18)8-10-16/h7-10,15H,3-6,11-13H2,1-2H3. The van der Waals surface area contributed by atoms with Crippen molar-refractivity contribution in [2.75, 3.05) is 33.8 Å². The maximum absolute atomic E-state index is 12.9. The van der Waals surface area contributed by atoms with Crippen LogP contribution in [-0.2, 0) is 19.6 Å². The van der Waals surface area contributed by atoms with Crippen LogP contribution < -0.4 is 0 Å². The summed E-state index contributed by atoms with van der Waals surface area (Å²) in [5.74, 6) is -0.510. The van der Waals surface area contributed by atoms with E-state index in [0.29, 0.717) is 13.0 Å². The van der Waals surface area contributed by atoms with Crippen molar-refractivity contribution in [2.45, 2.75) is 36.7 Å². The fourth-order valence-corrected chi connectivity index (χ4v) is 3.96. The Morgan fingerprint density at radius 1 is 1.28 bits per heavy atom. The van der Waals surface area contributed by atoms with E-state index in [0.717, 1.165) is 31.6 Å². The molecule has 1 atom stereocenters. The number of carbonyl (C=O) groups is 1. The van der Waals surface area contributed by atoms with Crippen LogP contribution in [0.25, 0.3) is 0 Å². The quantitative estimate of drug-likeness (QED) is 0.699. The third-order valence-corrected chi connectivity index (χ3v) is 6.18. The molecule has 0 N–H and O–H groups in total. The smallest absolute Gasteiger partial charge is 0.242 e. The Morgan fingerprint density at radius 3 is 2.56 bits per heavy atom. The summed E-state index contributed by atoms with van der Waals surface area (Å²) in [5, 5.41) is 0. The predicted octanol–water partition coefficient (Wildman–Crippen LogP) is 1.86. The minimum atomic E-state index is -3.67. The summed E-state index contributed by atoms with van der Waals surface area (Å²) in [7, 11) is -0.474. The Bertz CT molecular complexity index is 672. The molecule has 1 aromatic carbocycles. The SMILES string of the molecule is CN(CC1CCCO1)C(=O)CCCN(C)S(=O)(=O)c1ccc(F)cc1. The van der Waals surface area contributed by atoms with Gasteiger partial charge in [-0.3, -0.25) is 4.79 Å². The van der Waals surface area contributed by atoms with Gasteiger partial charge in [0.05, 0.1) is 11.0 Å². The number of rotatable bonds is 8. The van der Waals surface area contributed by atoms with Crippen LogP contribution in [0.5, 0.6) is 0 Å². The zero-order valence-electron chi connectivity index (χ0n) is 14.7. The summed E-state index contributed by atoms with van der Waals surface area (Å²) in [6, 6.07) is 4.71. The number of benzene rings is 1. The summed E-state index contributed by atoms with van der Waals surface area (Å²) in [4.78, 5) is 13.8. The average molecular weight is 372 g/mol. The third-order valence-electron chi connectivity index (χ3n) is 4.31. The number of ether oxygens (including phenoxy) is 1. The van der Waals surface area contributed by atoms with Crippen molar-refractivity contribution in [3.05, 3.63) is 30.1 Å². The van der Waals surface area contributed by atoms with Crippen LogP contribution in [0.2, 0.25) is 0 Å². The second-order valence-corrected chi connectivity index (χ2v) is 8.34. The second-order valence-electron chi connectivity index (χ2n) is 6.29. The minimum Gasteiger partial charge on any atom is -0.376 e. The largest absolute Gasteiger partial charge is 0.376 e. The first-order valence-electron chi connectivity index (χ1n) is 8.38. The van der Waals surface area contributed by atoms with Crippen molar-refractivity contribution in [2.24, 2.45) is 0 Å². The van der Waals surface area contributed by atoms with Gasteiger partial charge in [0, 0.05) is 40.2 Å². The number of hydrogen-bond acceptors (Lipinski definition) is 4. The van der Waals surface area contributed by atoms with Crippen LogP contribution in [0.15, 0.2) is 29.2 Å². The number of nitrogens with zero attached hydrogens (tertiary/aromatic N) is 2. The molecule has 0 saturated carbocycles. The van der Waals surface area contributed by atoms with Gasteiger partial charge < -0.3 is 9.64 Å². The molecule has 0 aliphatic carbocycles. The van der Waals surface area contributed by atoms with E-state index in [-0.39, 0.29) is 29.9 Å². The van der Waals surface area contributed by atoms with E-state index < -0.39 is 15.8 Å². The Balaban J connectivity index is 1.79. The Kier molecular flexibility index (Phi) is 6.92. The highest BCUT2D eigenvalue weighted by Crippen LogP contribution is 2.16. The van der Waals surface area contributed by atoms with Crippen molar-refractivity contribution in [1.29, 1.82) is 0 Å². The third kappa shape index (κ3) is 5.49. The molecule has 0 radical (unpaired) electrons. The monoisotopic (exact) mass is 372 g/mol. The molecular weight excluding hydrogens is 347 g/mol. The highest BCUT2D eigenvalue weighted by molar-refractivity contribution is 7.89. The summed E-state index contributed by atoms with van der Waals surface area (Å²) in [6.45, 7) is 1.54. The molecule has 0 spiro atoms. The summed E-state index contributed by atoms with van der Waals surface area (Å²) >= 11 is 0. The van der Waals surface area contributed by atoms with Gasteiger partial charge in [-0.25, -0.2) is 17.1 Å². The lowest BCUT2D eigenvalue weighted by molar-refractivity contribution is -0.131. The van der Waals surface area contributed by atoms with Gasteiger partial charge in [-0.15, -0.1) is 0 Å². The van der Waals surface area contributed by atoms with Gasteiger partial charge >= 0.3 is 0 Å². The molecule has 1 saturated heterocycles. The predicted molar refractivity (Wildman–Crippen MR) is 92.1 cm³/mol. The fourth-order valence-electron chi connectivity index (χ4n) is 2.75. The van der Waals surface area contributed by atoms with E-state index >= 15 is 0 Å². The van der Waals surface area contributed by atoms with Crippen LogP contribution in [0, 0.1) is 5.82 Å². The van der Waals surface area contributed by atoms with Gasteiger partial charge in [0.1, 0.15) is 5.82 Å². The van der Waals surface area contributed by atoms with Crippen LogP contribution in [-0.4, -0.2) is 63.4 Å². The number of likely N-dealkylation sites (N-methyl/N-ethyl adjacent to an activating group) is 1. The lowest BCUT2D eigenvalue weighted by atomic mass is 10.2. The minimum absolute atomic E-state index is 0.0249. The van der Waals surface area contributed by atoms with Gasteiger partial charge in [0.15, 0.2) is 0 Å². The van der Waals surface area contributed by atoms with E-state index in [1.54, 1.807) is 11.9 Å². The number of hydrogen-bond donors (Lipinski definition) is 0. The van der Waals surface area contributed by atoms with E-state index in [1.807, 2.05) is 0 Å². The second kappa shape index (κ2) is 8.73. The number of sulfonamides is 1. The first-order valence-corrected chi connectivity index (χ1v) is 9.82. The van der Waals surface area contributed by atoms with E-state index in [9.17, 15) is 17.6 Å². The summed E-state index contributed by atoms with van der Waals surface area (Å²) in [5.41, 5.74) is 0. The number of carbonyl (C=O) groups excluding carboxylic acids is 1. The van der Waals surface area contributed by atoms with Crippen molar-refractivity contribution >= 4 is 15.9 Å². The molecule has 0 aromatic heterocycles. The molecule has 140 valence electrons. The molecule has 2 rings (SSSR count). The highest BCUT2D eigenvalue weighted by Gasteiger charge is 2.22. The summed E-state index contributed by atoms with van der Waals surface area (Å²) < 4.78 is 44.4.